The van der Waals surface area contributed by atoms with Crippen molar-refractivity contribution in [1.29, 1.82) is 0 Å². The van der Waals surface area contributed by atoms with Crippen LogP contribution in [0.25, 0.3) is 0 Å². The molecular weight excluding hydrogens is 172 g/mol. The van der Waals surface area contributed by atoms with E-state index in [1.165, 1.54) is 58.2 Å². The summed E-state index contributed by atoms with van der Waals surface area (Å²) in [5.41, 5.74) is 0. The molecule has 0 aromatic carbocycles. The monoisotopic (exact) mass is 198 g/mol. The van der Waals surface area contributed by atoms with Crippen LogP contribution in [0.3, 0.4) is 0 Å². The zero-order chi connectivity index (χ0) is 10.2. The summed E-state index contributed by atoms with van der Waals surface area (Å²) in [4.78, 5) is 2.65. The van der Waals surface area contributed by atoms with E-state index in [-0.39, 0.29) is 0 Å². The van der Waals surface area contributed by atoms with E-state index in [2.05, 4.69) is 24.2 Å². The van der Waals surface area contributed by atoms with Crippen LogP contribution in [0.15, 0.2) is 0 Å². The fourth-order valence-corrected chi connectivity index (χ4v) is 2.13. The Bertz CT molecular complexity index is 128. The molecule has 1 aliphatic rings. The third-order valence-electron chi connectivity index (χ3n) is 3.30. The van der Waals surface area contributed by atoms with Gasteiger partial charge < -0.3 is 10.2 Å². The predicted octanol–water partition coefficient (Wildman–Crippen LogP) is 2.25. The van der Waals surface area contributed by atoms with Crippen LogP contribution in [0.4, 0.5) is 0 Å². The van der Waals surface area contributed by atoms with Crippen LogP contribution in [0.5, 0.6) is 0 Å². The summed E-state index contributed by atoms with van der Waals surface area (Å²) in [5.74, 6) is 0. The molecule has 0 radical (unpaired) electrons. The summed E-state index contributed by atoms with van der Waals surface area (Å²) in [6.45, 7) is 6.26. The molecule has 0 aliphatic carbocycles. The fraction of sp³-hybridized carbons (Fsp3) is 1.00. The van der Waals surface area contributed by atoms with Gasteiger partial charge >= 0.3 is 0 Å². The van der Waals surface area contributed by atoms with Gasteiger partial charge in [-0.05, 0) is 59.3 Å². The van der Waals surface area contributed by atoms with Crippen molar-refractivity contribution in [2.24, 2.45) is 0 Å². The summed E-state index contributed by atoms with van der Waals surface area (Å²) in [7, 11) is 2.05. The highest BCUT2D eigenvalue weighted by atomic mass is 15.1. The Morgan fingerprint density at radius 2 is 1.79 bits per heavy atom. The average Bonchev–Trinajstić information content (AvgIpc) is 2.46. The molecule has 1 saturated heterocycles. The molecule has 1 unspecified atom stereocenters. The lowest BCUT2D eigenvalue weighted by atomic mass is 10.2. The van der Waals surface area contributed by atoms with Gasteiger partial charge in [-0.3, -0.25) is 0 Å². The Balaban J connectivity index is 2.04. The van der Waals surface area contributed by atoms with Gasteiger partial charge in [-0.2, -0.15) is 0 Å². The topological polar surface area (TPSA) is 15.3 Å². The molecule has 0 saturated carbocycles. The van der Waals surface area contributed by atoms with Crippen LogP contribution in [-0.2, 0) is 0 Å². The molecule has 0 spiro atoms. The minimum absolute atomic E-state index is 0.682. The Labute approximate surface area is 89.1 Å². The first-order valence-corrected chi connectivity index (χ1v) is 6.22. The van der Waals surface area contributed by atoms with Crippen molar-refractivity contribution in [2.45, 2.75) is 51.5 Å². The van der Waals surface area contributed by atoms with E-state index < -0.39 is 0 Å². The first kappa shape index (κ1) is 12.0. The normalized spacial score (nSPS) is 21.9. The van der Waals surface area contributed by atoms with Gasteiger partial charge in [0.15, 0.2) is 0 Å². The molecule has 0 amide bonds. The molecule has 2 heteroatoms. The molecule has 2 nitrogen and oxygen atoms in total. The van der Waals surface area contributed by atoms with Gasteiger partial charge in [0.25, 0.3) is 0 Å². The summed E-state index contributed by atoms with van der Waals surface area (Å²) >= 11 is 0. The molecule has 0 aromatic heterocycles. The van der Waals surface area contributed by atoms with Crippen molar-refractivity contribution in [2.75, 3.05) is 26.7 Å². The fourth-order valence-electron chi connectivity index (χ4n) is 2.13. The summed E-state index contributed by atoms with van der Waals surface area (Å²) < 4.78 is 0. The first-order valence-electron chi connectivity index (χ1n) is 6.22. The van der Waals surface area contributed by atoms with Crippen LogP contribution in [0.1, 0.15) is 45.4 Å². The van der Waals surface area contributed by atoms with Gasteiger partial charge in [-0.15, -0.1) is 0 Å². The van der Waals surface area contributed by atoms with E-state index in [9.17, 15) is 0 Å². The number of hydrogen-bond donors (Lipinski definition) is 1. The van der Waals surface area contributed by atoms with Crippen LogP contribution in [0.2, 0.25) is 0 Å². The van der Waals surface area contributed by atoms with Crippen LogP contribution in [-0.4, -0.2) is 37.6 Å². The minimum Gasteiger partial charge on any atom is -0.317 e. The highest BCUT2D eigenvalue weighted by Crippen LogP contribution is 2.10. The maximum atomic E-state index is 3.30. The van der Waals surface area contributed by atoms with E-state index in [4.69, 9.17) is 0 Å². The van der Waals surface area contributed by atoms with Gasteiger partial charge in [0, 0.05) is 6.04 Å². The highest BCUT2D eigenvalue weighted by Gasteiger charge is 2.08. The number of likely N-dealkylation sites (tertiary alicyclic amines) is 1. The lowest BCUT2D eigenvalue weighted by molar-refractivity contribution is 0.274. The number of hydrogen-bond acceptors (Lipinski definition) is 2. The Hall–Kier alpha value is -0.0800. The first-order chi connectivity index (χ1) is 6.83. The van der Waals surface area contributed by atoms with Gasteiger partial charge in [0.2, 0.25) is 0 Å². The Morgan fingerprint density at radius 1 is 1.14 bits per heavy atom. The van der Waals surface area contributed by atoms with Crippen LogP contribution >= 0.6 is 0 Å². The second-order valence-corrected chi connectivity index (χ2v) is 4.59. The molecule has 84 valence electrons. The van der Waals surface area contributed by atoms with E-state index in [1.54, 1.807) is 0 Å². The summed E-state index contributed by atoms with van der Waals surface area (Å²) in [6, 6.07) is 0.682. The minimum atomic E-state index is 0.682. The van der Waals surface area contributed by atoms with E-state index in [0.29, 0.717) is 6.04 Å². The Kier molecular flexibility index (Phi) is 6.20. The van der Waals surface area contributed by atoms with Gasteiger partial charge in [-0.25, -0.2) is 0 Å². The van der Waals surface area contributed by atoms with Gasteiger partial charge in [0.05, 0.1) is 0 Å². The second-order valence-electron chi connectivity index (χ2n) is 4.59. The molecule has 0 bridgehead atoms. The van der Waals surface area contributed by atoms with Crippen molar-refractivity contribution >= 4 is 0 Å². The second kappa shape index (κ2) is 7.24. The zero-order valence-corrected chi connectivity index (χ0v) is 9.89. The lowest BCUT2D eigenvalue weighted by Crippen LogP contribution is -2.28. The number of nitrogens with one attached hydrogen (secondary N) is 1. The van der Waals surface area contributed by atoms with Crippen molar-refractivity contribution in [3.63, 3.8) is 0 Å². The van der Waals surface area contributed by atoms with Crippen LogP contribution < -0.4 is 5.32 Å². The van der Waals surface area contributed by atoms with E-state index >= 15 is 0 Å². The molecule has 1 aliphatic heterocycles. The standard InChI is InChI=1S/C12H26N2/c1-12(13-2)8-7-11-14-9-5-3-4-6-10-14/h12-13H,3-11H2,1-2H3. The largest absolute Gasteiger partial charge is 0.317 e. The predicted molar refractivity (Wildman–Crippen MR) is 62.7 cm³/mol. The smallest absolute Gasteiger partial charge is 0.00362 e. The van der Waals surface area contributed by atoms with Crippen molar-refractivity contribution in [1.82, 2.24) is 10.2 Å². The third-order valence-corrected chi connectivity index (χ3v) is 3.30. The molecule has 14 heavy (non-hydrogen) atoms. The van der Waals surface area contributed by atoms with E-state index in [0.717, 1.165) is 0 Å². The molecule has 1 atom stereocenters. The van der Waals surface area contributed by atoms with Crippen molar-refractivity contribution in [3.8, 4) is 0 Å². The Morgan fingerprint density at radius 3 is 2.36 bits per heavy atom. The molecule has 1 N–H and O–H groups in total. The van der Waals surface area contributed by atoms with Crippen molar-refractivity contribution < 1.29 is 0 Å². The SMILES string of the molecule is CNC(C)CCCN1CCCCCC1. The molecule has 0 aromatic rings. The molecule has 1 rings (SSSR count). The lowest BCUT2D eigenvalue weighted by Gasteiger charge is -2.20. The average molecular weight is 198 g/mol. The molecule has 1 fully saturated rings. The summed E-state index contributed by atoms with van der Waals surface area (Å²) in [6.07, 6.45) is 8.39. The van der Waals surface area contributed by atoms with Gasteiger partial charge in [-0.1, -0.05) is 12.8 Å². The van der Waals surface area contributed by atoms with Crippen molar-refractivity contribution in [3.05, 3.63) is 0 Å². The molecule has 1 heterocycles. The van der Waals surface area contributed by atoms with Gasteiger partial charge in [0.1, 0.15) is 0 Å². The molecular formula is C12H26N2. The summed E-state index contributed by atoms with van der Waals surface area (Å²) in [5, 5.41) is 3.30. The maximum absolute atomic E-state index is 3.30. The van der Waals surface area contributed by atoms with E-state index in [1.807, 2.05) is 0 Å². The number of rotatable bonds is 5. The van der Waals surface area contributed by atoms with Crippen LogP contribution in [0, 0.1) is 0 Å². The number of nitrogens with zero attached hydrogens (tertiary/aromatic N) is 1. The maximum Gasteiger partial charge on any atom is 0.00362 e. The third kappa shape index (κ3) is 4.97. The quantitative estimate of drug-likeness (QED) is 0.729. The highest BCUT2D eigenvalue weighted by molar-refractivity contribution is 4.65. The zero-order valence-electron chi connectivity index (χ0n) is 9.89.